The lowest BCUT2D eigenvalue weighted by molar-refractivity contribution is 0.330. The van der Waals surface area contributed by atoms with Crippen molar-refractivity contribution < 1.29 is 9.15 Å². The van der Waals surface area contributed by atoms with Gasteiger partial charge in [-0.3, -0.25) is 0 Å². The van der Waals surface area contributed by atoms with Crippen LogP contribution >= 0.6 is 0 Å². The van der Waals surface area contributed by atoms with Crippen LogP contribution in [0.2, 0.25) is 0 Å². The largest absolute Gasteiger partial charge is 0.417 e. The summed E-state index contributed by atoms with van der Waals surface area (Å²) in [6, 6.07) is 7.96. The number of aromatic nitrogens is 1. The van der Waals surface area contributed by atoms with E-state index in [-0.39, 0.29) is 6.08 Å². The summed E-state index contributed by atoms with van der Waals surface area (Å²) in [6.07, 6.45) is 1.87. The molecule has 1 heterocycles. The summed E-state index contributed by atoms with van der Waals surface area (Å²) in [6.45, 7) is 4.99. The first-order valence-electron chi connectivity index (χ1n) is 6.06. The van der Waals surface area contributed by atoms with Crippen LogP contribution in [0.1, 0.15) is 31.0 Å². The zero-order valence-electron chi connectivity index (χ0n) is 10.9. The van der Waals surface area contributed by atoms with Crippen LogP contribution in [0, 0.1) is 0 Å². The summed E-state index contributed by atoms with van der Waals surface area (Å²) in [5.41, 5.74) is 2.11. The summed E-state index contributed by atoms with van der Waals surface area (Å²) in [5.74, 6) is 1.25. The minimum absolute atomic E-state index is 0.276. The molecule has 1 N–H and O–H groups in total. The molecule has 0 saturated carbocycles. The molecule has 0 unspecified atom stereocenters. The fraction of sp³-hybridized carbons (Fsp3) is 0.357. The summed E-state index contributed by atoms with van der Waals surface area (Å²) in [5, 5.41) is 3.00. The van der Waals surface area contributed by atoms with E-state index in [1.54, 1.807) is 6.26 Å². The van der Waals surface area contributed by atoms with Crippen molar-refractivity contribution in [1.82, 2.24) is 10.3 Å². The molecule has 0 aliphatic rings. The maximum absolute atomic E-state index is 5.53. The number of hydrogen-bond donors (Lipinski definition) is 1. The lowest BCUT2D eigenvalue weighted by Gasteiger charge is -2.06. The Morgan fingerprint density at radius 1 is 1.28 bits per heavy atom. The standard InChI is InChI=1S/C14H18N2O2/c1-10(2)11-4-6-13(7-5-11)18-14-16-12(8-15-3)9-17-14/h4-7,9-10,15H,8H2,1-3H3. The van der Waals surface area contributed by atoms with Gasteiger partial charge in [-0.15, -0.1) is 0 Å². The number of hydrogen-bond acceptors (Lipinski definition) is 4. The molecule has 0 radical (unpaired) electrons. The lowest BCUT2D eigenvalue weighted by Crippen LogP contribution is -2.04. The second kappa shape index (κ2) is 5.69. The maximum atomic E-state index is 5.53. The van der Waals surface area contributed by atoms with Gasteiger partial charge < -0.3 is 14.5 Å². The molecule has 0 fully saturated rings. The molecule has 4 nitrogen and oxygen atoms in total. The van der Waals surface area contributed by atoms with Crippen LogP contribution in [-0.2, 0) is 6.54 Å². The lowest BCUT2D eigenvalue weighted by atomic mass is 10.0. The molecule has 0 atom stereocenters. The van der Waals surface area contributed by atoms with Crippen molar-refractivity contribution in [2.24, 2.45) is 0 Å². The number of nitrogens with zero attached hydrogens (tertiary/aromatic N) is 1. The Hall–Kier alpha value is -1.81. The van der Waals surface area contributed by atoms with Crippen LogP contribution < -0.4 is 10.1 Å². The van der Waals surface area contributed by atoms with Gasteiger partial charge in [-0.1, -0.05) is 26.0 Å². The van der Waals surface area contributed by atoms with Crippen LogP contribution in [0.5, 0.6) is 11.8 Å². The maximum Gasteiger partial charge on any atom is 0.399 e. The van der Waals surface area contributed by atoms with Crippen LogP contribution in [0.3, 0.4) is 0 Å². The molecule has 2 rings (SSSR count). The number of ether oxygens (including phenoxy) is 1. The smallest absolute Gasteiger partial charge is 0.399 e. The zero-order chi connectivity index (χ0) is 13.0. The average Bonchev–Trinajstić information content (AvgIpc) is 2.78. The molecular weight excluding hydrogens is 228 g/mol. The van der Waals surface area contributed by atoms with E-state index in [0.29, 0.717) is 12.5 Å². The molecule has 0 saturated heterocycles. The fourth-order valence-corrected chi connectivity index (χ4v) is 1.62. The third-order valence-electron chi connectivity index (χ3n) is 2.64. The first-order valence-corrected chi connectivity index (χ1v) is 6.06. The van der Waals surface area contributed by atoms with Crippen molar-refractivity contribution in [2.75, 3.05) is 7.05 Å². The van der Waals surface area contributed by atoms with Crippen molar-refractivity contribution in [3.8, 4) is 11.8 Å². The Bertz CT molecular complexity index is 489. The highest BCUT2D eigenvalue weighted by Crippen LogP contribution is 2.23. The summed E-state index contributed by atoms with van der Waals surface area (Å²) < 4.78 is 10.8. The Morgan fingerprint density at radius 3 is 2.61 bits per heavy atom. The van der Waals surface area contributed by atoms with Gasteiger partial charge in [0.25, 0.3) is 0 Å². The van der Waals surface area contributed by atoms with Gasteiger partial charge in [-0.25, -0.2) is 0 Å². The van der Waals surface area contributed by atoms with Crippen molar-refractivity contribution in [3.63, 3.8) is 0 Å². The third kappa shape index (κ3) is 3.11. The van der Waals surface area contributed by atoms with Gasteiger partial charge in [0.05, 0.1) is 5.69 Å². The van der Waals surface area contributed by atoms with Crippen LogP contribution in [-0.4, -0.2) is 12.0 Å². The van der Waals surface area contributed by atoms with Crippen LogP contribution in [0.15, 0.2) is 34.9 Å². The predicted octanol–water partition coefficient (Wildman–Crippen LogP) is 3.31. The third-order valence-corrected chi connectivity index (χ3v) is 2.64. The second-order valence-electron chi connectivity index (χ2n) is 4.46. The molecule has 0 bridgehead atoms. The van der Waals surface area contributed by atoms with Gasteiger partial charge in [0.1, 0.15) is 12.0 Å². The molecule has 0 aliphatic carbocycles. The Balaban J connectivity index is 2.03. The molecule has 2 aromatic rings. The van der Waals surface area contributed by atoms with Crippen LogP contribution in [0.25, 0.3) is 0 Å². The van der Waals surface area contributed by atoms with Crippen molar-refractivity contribution >= 4 is 0 Å². The van der Waals surface area contributed by atoms with E-state index >= 15 is 0 Å². The number of nitrogens with one attached hydrogen (secondary N) is 1. The molecule has 4 heteroatoms. The van der Waals surface area contributed by atoms with E-state index in [0.717, 1.165) is 11.4 Å². The molecule has 0 amide bonds. The van der Waals surface area contributed by atoms with Crippen molar-refractivity contribution in [2.45, 2.75) is 26.3 Å². The normalized spacial score (nSPS) is 10.9. The van der Waals surface area contributed by atoms with E-state index in [1.807, 2.05) is 19.2 Å². The number of oxazole rings is 1. The van der Waals surface area contributed by atoms with E-state index in [9.17, 15) is 0 Å². The minimum Gasteiger partial charge on any atom is -0.417 e. The highest BCUT2D eigenvalue weighted by atomic mass is 16.6. The highest BCUT2D eigenvalue weighted by Gasteiger charge is 2.06. The molecule has 0 spiro atoms. The van der Waals surface area contributed by atoms with E-state index in [1.165, 1.54) is 5.56 Å². The van der Waals surface area contributed by atoms with Gasteiger partial charge in [-0.2, -0.15) is 4.98 Å². The zero-order valence-corrected chi connectivity index (χ0v) is 10.9. The molecule has 1 aromatic carbocycles. The van der Waals surface area contributed by atoms with Gasteiger partial charge in [0, 0.05) is 6.54 Å². The van der Waals surface area contributed by atoms with E-state index in [2.05, 4.69) is 36.3 Å². The molecule has 96 valence electrons. The van der Waals surface area contributed by atoms with Gasteiger partial charge >= 0.3 is 6.08 Å². The highest BCUT2D eigenvalue weighted by molar-refractivity contribution is 5.30. The fourth-order valence-electron chi connectivity index (χ4n) is 1.62. The summed E-state index contributed by atoms with van der Waals surface area (Å²) >= 11 is 0. The molecule has 0 aliphatic heterocycles. The van der Waals surface area contributed by atoms with Gasteiger partial charge in [0.15, 0.2) is 0 Å². The first kappa shape index (κ1) is 12.6. The van der Waals surface area contributed by atoms with Crippen molar-refractivity contribution in [1.29, 1.82) is 0 Å². The SMILES string of the molecule is CNCc1coc(Oc2ccc(C(C)C)cc2)n1. The topological polar surface area (TPSA) is 47.3 Å². The molecule has 18 heavy (non-hydrogen) atoms. The Kier molecular flexibility index (Phi) is 3.99. The Labute approximate surface area is 107 Å². The first-order chi connectivity index (χ1) is 8.69. The molecule has 1 aromatic heterocycles. The van der Waals surface area contributed by atoms with Gasteiger partial charge in [0.2, 0.25) is 0 Å². The predicted molar refractivity (Wildman–Crippen MR) is 69.9 cm³/mol. The summed E-state index contributed by atoms with van der Waals surface area (Å²) in [7, 11) is 1.86. The van der Waals surface area contributed by atoms with Gasteiger partial charge in [-0.05, 0) is 30.7 Å². The number of rotatable bonds is 5. The van der Waals surface area contributed by atoms with E-state index < -0.39 is 0 Å². The summed E-state index contributed by atoms with van der Waals surface area (Å²) in [4.78, 5) is 4.20. The quantitative estimate of drug-likeness (QED) is 0.879. The Morgan fingerprint density at radius 2 is 2.00 bits per heavy atom. The van der Waals surface area contributed by atoms with E-state index in [4.69, 9.17) is 9.15 Å². The minimum atomic E-state index is 0.276. The van der Waals surface area contributed by atoms with Crippen molar-refractivity contribution in [3.05, 3.63) is 41.8 Å². The average molecular weight is 246 g/mol. The monoisotopic (exact) mass is 246 g/mol. The molecular formula is C14H18N2O2. The van der Waals surface area contributed by atoms with Crippen LogP contribution in [0.4, 0.5) is 0 Å². The number of benzene rings is 1. The second-order valence-corrected chi connectivity index (χ2v) is 4.46.